The molecule has 1 heterocycles. The molecule has 23 heavy (non-hydrogen) atoms. The van der Waals surface area contributed by atoms with Crippen LogP contribution in [0.1, 0.15) is 25.8 Å². The number of carboxylic acids is 1. The van der Waals surface area contributed by atoms with Gasteiger partial charge < -0.3 is 10.2 Å². The molecule has 1 fully saturated rings. The third kappa shape index (κ3) is 3.11. The van der Waals surface area contributed by atoms with Gasteiger partial charge in [0.2, 0.25) is 5.54 Å². The van der Waals surface area contributed by atoms with E-state index in [0.29, 0.717) is 0 Å². The van der Waals surface area contributed by atoms with Crippen molar-refractivity contribution in [3.63, 3.8) is 0 Å². The smallest absolute Gasteiger partial charge is 0.477 e. The van der Waals surface area contributed by atoms with Gasteiger partial charge in [0.1, 0.15) is 13.1 Å². The van der Waals surface area contributed by atoms with Gasteiger partial charge in [0.25, 0.3) is 0 Å². The van der Waals surface area contributed by atoms with Crippen LogP contribution in [-0.4, -0.2) is 49.2 Å². The van der Waals surface area contributed by atoms with Gasteiger partial charge in [-0.05, 0) is 0 Å². The summed E-state index contributed by atoms with van der Waals surface area (Å²) in [5.41, 5.74) is -0.717. The summed E-state index contributed by atoms with van der Waals surface area (Å²) in [6, 6.07) is 8.99. The number of hydrogen-bond donors (Lipinski definition) is 2. The molecule has 0 saturated carbocycles. The second-order valence-electron chi connectivity index (χ2n) is 6.09. The highest BCUT2D eigenvalue weighted by molar-refractivity contribution is 8.14. The quantitative estimate of drug-likeness (QED) is 0.820. The van der Waals surface area contributed by atoms with Crippen LogP contribution in [0.5, 0.6) is 0 Å². The number of likely N-dealkylation sites (tertiary alicyclic amines) is 1. The number of thioether (sulfide) groups is 1. The first-order chi connectivity index (χ1) is 10.7. The number of amides is 1. The highest BCUT2D eigenvalue weighted by atomic mass is 32.2. The van der Waals surface area contributed by atoms with Crippen LogP contribution >= 0.6 is 11.8 Å². The molecule has 3 atom stereocenters. The van der Waals surface area contributed by atoms with Gasteiger partial charge in [-0.3, -0.25) is 4.79 Å². The van der Waals surface area contributed by atoms with Gasteiger partial charge >= 0.3 is 12.1 Å². The molecule has 1 saturated heterocycles. The molecule has 6 nitrogen and oxygen atoms in total. The Morgan fingerprint density at radius 3 is 2.35 bits per heavy atom. The fourth-order valence-corrected chi connectivity index (χ4v) is 4.51. The first-order valence-electron chi connectivity index (χ1n) is 7.26. The first kappa shape index (κ1) is 17.5. The van der Waals surface area contributed by atoms with E-state index in [0.717, 1.165) is 17.3 Å². The average molecular weight is 338 g/mol. The van der Waals surface area contributed by atoms with Crippen LogP contribution in [0.4, 0.5) is 4.79 Å². The van der Waals surface area contributed by atoms with Crippen molar-refractivity contribution in [2.75, 3.05) is 6.54 Å². The number of hydrogen-bond acceptors (Lipinski definition) is 4. The predicted octanol–water partition coefficient (Wildman–Crippen LogP) is 2.58. The minimum absolute atomic E-state index is 0.0773. The lowest BCUT2D eigenvalue weighted by Crippen LogP contribution is -2.65. The molecule has 124 valence electrons. The van der Waals surface area contributed by atoms with Crippen LogP contribution in [0.25, 0.3) is 0 Å². The maximum Gasteiger partial charge on any atom is 0.514 e. The number of aliphatic carboxylic acids is 1. The molecule has 1 aromatic rings. The highest BCUT2D eigenvalue weighted by Crippen LogP contribution is 2.44. The summed E-state index contributed by atoms with van der Waals surface area (Å²) in [6.07, 6.45) is -1.03. The van der Waals surface area contributed by atoms with E-state index in [1.54, 1.807) is 24.3 Å². The lowest BCUT2D eigenvalue weighted by molar-refractivity contribution is -0.897. The number of carboxylic acid groups (broad SMARTS) is 2. The van der Waals surface area contributed by atoms with Gasteiger partial charge in [-0.15, -0.1) is 0 Å². The summed E-state index contributed by atoms with van der Waals surface area (Å²) in [7, 11) is 0. The SMILES string of the molecule is CC(=O)SC1CC(C)(C(=O)O)[N+](Cc2ccccc2)(C(=O)O)C1. The molecule has 0 aliphatic carbocycles. The van der Waals surface area contributed by atoms with Crippen LogP contribution in [-0.2, 0) is 16.1 Å². The molecular weight excluding hydrogens is 318 g/mol. The monoisotopic (exact) mass is 338 g/mol. The molecule has 0 aromatic heterocycles. The summed E-state index contributed by atoms with van der Waals surface area (Å²) in [5, 5.41) is 19.1. The van der Waals surface area contributed by atoms with Crippen molar-refractivity contribution >= 4 is 28.9 Å². The molecule has 0 spiro atoms. The number of benzene rings is 1. The van der Waals surface area contributed by atoms with Crippen molar-refractivity contribution in [3.05, 3.63) is 35.9 Å². The fraction of sp³-hybridized carbons (Fsp3) is 0.438. The summed E-state index contributed by atoms with van der Waals surface area (Å²) >= 11 is 1.03. The van der Waals surface area contributed by atoms with Crippen molar-refractivity contribution in [1.29, 1.82) is 0 Å². The Bertz CT molecular complexity index is 635. The van der Waals surface area contributed by atoms with Crippen LogP contribution in [0.3, 0.4) is 0 Å². The highest BCUT2D eigenvalue weighted by Gasteiger charge is 2.65. The molecule has 0 radical (unpaired) electrons. The van der Waals surface area contributed by atoms with Crippen molar-refractivity contribution < 1.29 is 29.1 Å². The normalized spacial score (nSPS) is 30.1. The molecule has 1 aliphatic heterocycles. The molecule has 7 heteroatoms. The maximum absolute atomic E-state index is 12.1. The van der Waals surface area contributed by atoms with Crippen molar-refractivity contribution in [2.24, 2.45) is 0 Å². The minimum Gasteiger partial charge on any atom is -0.477 e. The minimum atomic E-state index is -1.48. The van der Waals surface area contributed by atoms with Crippen LogP contribution in [0.15, 0.2) is 30.3 Å². The summed E-state index contributed by atoms with van der Waals surface area (Å²) in [6.45, 7) is 3.06. The van der Waals surface area contributed by atoms with E-state index in [-0.39, 0.29) is 29.9 Å². The van der Waals surface area contributed by atoms with Crippen molar-refractivity contribution in [2.45, 2.75) is 37.6 Å². The van der Waals surface area contributed by atoms with Gasteiger partial charge in [0.15, 0.2) is 5.12 Å². The van der Waals surface area contributed by atoms with Gasteiger partial charge in [0.05, 0.1) is 5.25 Å². The Balaban J connectivity index is 2.46. The number of quaternary nitrogens is 1. The zero-order chi connectivity index (χ0) is 17.3. The Labute approximate surface area is 138 Å². The van der Waals surface area contributed by atoms with E-state index in [1.165, 1.54) is 13.8 Å². The Morgan fingerprint density at radius 2 is 1.87 bits per heavy atom. The van der Waals surface area contributed by atoms with Gasteiger partial charge in [-0.2, -0.15) is 4.79 Å². The Hall–Kier alpha value is -1.86. The van der Waals surface area contributed by atoms with E-state index in [9.17, 15) is 24.6 Å². The van der Waals surface area contributed by atoms with Crippen molar-refractivity contribution in [3.8, 4) is 0 Å². The largest absolute Gasteiger partial charge is 0.514 e. The summed E-state index contributed by atoms with van der Waals surface area (Å²) in [5.74, 6) is -1.15. The second-order valence-corrected chi connectivity index (χ2v) is 7.57. The van der Waals surface area contributed by atoms with Gasteiger partial charge in [0, 0.05) is 25.8 Å². The molecule has 2 N–H and O–H groups in total. The molecule has 1 amide bonds. The average Bonchev–Trinajstić information content (AvgIpc) is 2.73. The fourth-order valence-electron chi connectivity index (χ4n) is 3.31. The zero-order valence-electron chi connectivity index (χ0n) is 13.1. The summed E-state index contributed by atoms with van der Waals surface area (Å²) in [4.78, 5) is 35.4. The zero-order valence-corrected chi connectivity index (χ0v) is 13.9. The third-order valence-corrected chi connectivity index (χ3v) is 5.52. The molecule has 1 aliphatic rings. The van der Waals surface area contributed by atoms with E-state index in [4.69, 9.17) is 0 Å². The lowest BCUT2D eigenvalue weighted by atomic mass is 9.96. The standard InChI is InChI=1S/C16H19NO5S/c1-11(18)23-13-8-16(2,14(19)20)17(10-13,15(21)22)9-12-6-4-3-5-7-12/h3-7,13H,8-10H2,1-2H3,(H-,19,20,21,22)/p+1. The molecule has 0 bridgehead atoms. The third-order valence-electron chi connectivity index (χ3n) is 4.54. The molecule has 3 unspecified atom stereocenters. The van der Waals surface area contributed by atoms with Crippen molar-refractivity contribution in [1.82, 2.24) is 0 Å². The van der Waals surface area contributed by atoms with Gasteiger partial charge in [-0.1, -0.05) is 42.1 Å². The van der Waals surface area contributed by atoms with Crippen LogP contribution in [0, 0.1) is 0 Å². The van der Waals surface area contributed by atoms with E-state index < -0.39 is 22.1 Å². The Kier molecular flexibility index (Phi) is 4.81. The predicted molar refractivity (Wildman–Crippen MR) is 86.0 cm³/mol. The van der Waals surface area contributed by atoms with E-state index in [1.807, 2.05) is 6.07 Å². The summed E-state index contributed by atoms with van der Waals surface area (Å²) < 4.78 is -0.600. The van der Waals surface area contributed by atoms with Crippen LogP contribution < -0.4 is 0 Å². The Morgan fingerprint density at radius 1 is 1.26 bits per heavy atom. The second kappa shape index (κ2) is 6.33. The number of carbonyl (C=O) groups excluding carboxylic acids is 1. The lowest BCUT2D eigenvalue weighted by Gasteiger charge is -2.39. The number of carbonyl (C=O) groups is 3. The molecular formula is C16H20NO5S+. The van der Waals surface area contributed by atoms with Gasteiger partial charge in [-0.25, -0.2) is 9.28 Å². The molecule has 1 aromatic carbocycles. The van der Waals surface area contributed by atoms with E-state index >= 15 is 0 Å². The maximum atomic E-state index is 12.1. The van der Waals surface area contributed by atoms with E-state index in [2.05, 4.69) is 0 Å². The topological polar surface area (TPSA) is 91.7 Å². The molecule has 2 rings (SSSR count). The number of nitrogens with zero attached hydrogens (tertiary/aromatic N) is 1. The van der Waals surface area contributed by atoms with Crippen LogP contribution in [0.2, 0.25) is 0 Å². The first-order valence-corrected chi connectivity index (χ1v) is 8.14. The number of rotatable bonds is 4.